The number of carbonyl (C=O) groups excluding carboxylic acids is 1. The predicted molar refractivity (Wildman–Crippen MR) is 66.8 cm³/mol. The van der Waals surface area contributed by atoms with Gasteiger partial charge in [-0.05, 0) is 24.1 Å². The number of anilines is 2. The fourth-order valence-corrected chi connectivity index (χ4v) is 1.49. The van der Waals surface area contributed by atoms with Crippen molar-refractivity contribution in [3.63, 3.8) is 0 Å². The van der Waals surface area contributed by atoms with Crippen molar-refractivity contribution in [2.45, 2.75) is 13.3 Å². The smallest absolute Gasteiger partial charge is 0.275 e. The van der Waals surface area contributed by atoms with Crippen LogP contribution in [-0.2, 0) is 6.42 Å². The zero-order valence-corrected chi connectivity index (χ0v) is 9.53. The zero-order chi connectivity index (χ0) is 12.3. The Morgan fingerprint density at radius 2 is 2.12 bits per heavy atom. The lowest BCUT2D eigenvalue weighted by atomic mass is 10.1. The third kappa shape index (κ3) is 2.44. The monoisotopic (exact) mass is 230 g/mol. The lowest BCUT2D eigenvalue weighted by molar-refractivity contribution is 0.102. The number of aromatic nitrogens is 2. The predicted octanol–water partition coefficient (Wildman–Crippen LogP) is 1.81. The number of hydrogen-bond donors (Lipinski definition) is 3. The summed E-state index contributed by atoms with van der Waals surface area (Å²) in [5, 5.41) is 9.01. The van der Waals surface area contributed by atoms with Crippen molar-refractivity contribution >= 4 is 17.3 Å². The number of aryl methyl sites for hydroxylation is 1. The third-order valence-corrected chi connectivity index (χ3v) is 2.52. The van der Waals surface area contributed by atoms with E-state index in [9.17, 15) is 4.79 Å². The molecule has 0 spiro atoms. The van der Waals surface area contributed by atoms with Gasteiger partial charge in [0.15, 0.2) is 0 Å². The van der Waals surface area contributed by atoms with E-state index in [0.717, 1.165) is 12.1 Å². The van der Waals surface area contributed by atoms with Crippen LogP contribution >= 0.6 is 0 Å². The van der Waals surface area contributed by atoms with Crippen molar-refractivity contribution in [2.24, 2.45) is 0 Å². The van der Waals surface area contributed by atoms with Gasteiger partial charge in [0.25, 0.3) is 5.91 Å². The molecule has 1 amide bonds. The van der Waals surface area contributed by atoms with Crippen LogP contribution in [0.5, 0.6) is 0 Å². The summed E-state index contributed by atoms with van der Waals surface area (Å²) in [5.41, 5.74) is 8.17. The van der Waals surface area contributed by atoms with Crippen LogP contribution in [0.4, 0.5) is 11.4 Å². The number of rotatable bonds is 3. The number of benzene rings is 1. The fraction of sp³-hybridized carbons (Fsp3) is 0.167. The molecule has 17 heavy (non-hydrogen) atoms. The molecule has 1 aromatic carbocycles. The maximum absolute atomic E-state index is 11.8. The van der Waals surface area contributed by atoms with E-state index in [1.165, 1.54) is 11.8 Å². The molecule has 0 fully saturated rings. The van der Waals surface area contributed by atoms with E-state index in [0.29, 0.717) is 5.69 Å². The van der Waals surface area contributed by atoms with Crippen LogP contribution in [0.15, 0.2) is 30.5 Å². The van der Waals surface area contributed by atoms with Crippen LogP contribution in [0.1, 0.15) is 23.0 Å². The average Bonchev–Trinajstić information content (AvgIpc) is 2.76. The van der Waals surface area contributed by atoms with Gasteiger partial charge in [0.2, 0.25) is 0 Å². The van der Waals surface area contributed by atoms with Gasteiger partial charge in [-0.25, -0.2) is 0 Å². The molecule has 0 unspecified atom stereocenters. The van der Waals surface area contributed by atoms with E-state index < -0.39 is 0 Å². The van der Waals surface area contributed by atoms with Crippen LogP contribution in [0.2, 0.25) is 0 Å². The Morgan fingerprint density at radius 3 is 2.65 bits per heavy atom. The number of hydrogen-bond acceptors (Lipinski definition) is 3. The van der Waals surface area contributed by atoms with Crippen molar-refractivity contribution < 1.29 is 4.79 Å². The van der Waals surface area contributed by atoms with Crippen molar-refractivity contribution in [2.75, 3.05) is 11.1 Å². The van der Waals surface area contributed by atoms with E-state index in [2.05, 4.69) is 22.4 Å². The van der Waals surface area contributed by atoms with Crippen LogP contribution in [0.3, 0.4) is 0 Å². The Kier molecular flexibility index (Phi) is 3.09. The average molecular weight is 230 g/mol. The summed E-state index contributed by atoms with van der Waals surface area (Å²) in [7, 11) is 0. The van der Waals surface area contributed by atoms with Crippen LogP contribution < -0.4 is 11.1 Å². The van der Waals surface area contributed by atoms with Crippen LogP contribution in [0, 0.1) is 0 Å². The van der Waals surface area contributed by atoms with Crippen molar-refractivity contribution in [3.8, 4) is 0 Å². The lowest BCUT2D eigenvalue weighted by Crippen LogP contribution is -2.14. The van der Waals surface area contributed by atoms with Gasteiger partial charge in [0, 0.05) is 5.69 Å². The summed E-state index contributed by atoms with van der Waals surface area (Å²) in [5.74, 6) is -0.288. The number of H-pyrrole nitrogens is 1. The van der Waals surface area contributed by atoms with Gasteiger partial charge in [-0.3, -0.25) is 9.89 Å². The molecule has 5 heteroatoms. The number of nitrogens with zero attached hydrogens (tertiary/aromatic N) is 1. The fourth-order valence-electron chi connectivity index (χ4n) is 1.49. The first kappa shape index (κ1) is 11.2. The second-order valence-electron chi connectivity index (χ2n) is 3.70. The Bertz CT molecular complexity index is 516. The molecule has 0 aliphatic heterocycles. The second-order valence-corrected chi connectivity index (χ2v) is 3.70. The molecule has 0 radical (unpaired) electrons. The minimum absolute atomic E-state index is 0.282. The Morgan fingerprint density at radius 1 is 1.41 bits per heavy atom. The van der Waals surface area contributed by atoms with Gasteiger partial charge in [0.1, 0.15) is 5.69 Å². The van der Waals surface area contributed by atoms with Gasteiger partial charge in [0.05, 0.1) is 11.9 Å². The van der Waals surface area contributed by atoms with Gasteiger partial charge < -0.3 is 11.1 Å². The second kappa shape index (κ2) is 4.69. The van der Waals surface area contributed by atoms with Crippen molar-refractivity contribution in [1.29, 1.82) is 0 Å². The van der Waals surface area contributed by atoms with Gasteiger partial charge >= 0.3 is 0 Å². The molecular formula is C12H14N4O. The summed E-state index contributed by atoms with van der Waals surface area (Å²) in [4.78, 5) is 11.8. The number of nitrogen functional groups attached to an aromatic ring is 1. The molecular weight excluding hydrogens is 216 g/mol. The molecule has 4 N–H and O–H groups in total. The summed E-state index contributed by atoms with van der Waals surface area (Å²) >= 11 is 0. The van der Waals surface area contributed by atoms with Crippen molar-refractivity contribution in [1.82, 2.24) is 10.2 Å². The topological polar surface area (TPSA) is 83.8 Å². The van der Waals surface area contributed by atoms with E-state index in [1.807, 2.05) is 24.3 Å². The largest absolute Gasteiger partial charge is 0.396 e. The molecule has 0 aliphatic carbocycles. The zero-order valence-electron chi connectivity index (χ0n) is 9.53. The SMILES string of the molecule is CCc1ccc(NC(=O)c2[nH]ncc2N)cc1. The Hall–Kier alpha value is -2.30. The molecule has 2 aromatic rings. The molecule has 5 nitrogen and oxygen atoms in total. The van der Waals surface area contributed by atoms with E-state index >= 15 is 0 Å². The lowest BCUT2D eigenvalue weighted by Gasteiger charge is -2.05. The Labute approximate surface area is 99.0 Å². The summed E-state index contributed by atoms with van der Waals surface area (Å²) in [6, 6.07) is 7.68. The normalized spacial score (nSPS) is 10.2. The molecule has 0 aliphatic rings. The minimum atomic E-state index is -0.288. The Balaban J connectivity index is 2.10. The molecule has 1 aromatic heterocycles. The first-order valence-corrected chi connectivity index (χ1v) is 5.40. The quantitative estimate of drug-likeness (QED) is 0.751. The highest BCUT2D eigenvalue weighted by atomic mass is 16.1. The van der Waals surface area contributed by atoms with Crippen LogP contribution in [-0.4, -0.2) is 16.1 Å². The van der Waals surface area contributed by atoms with Gasteiger partial charge in [-0.2, -0.15) is 5.10 Å². The molecule has 0 bridgehead atoms. The number of amides is 1. The van der Waals surface area contributed by atoms with Gasteiger partial charge in [-0.1, -0.05) is 19.1 Å². The minimum Gasteiger partial charge on any atom is -0.396 e. The molecule has 88 valence electrons. The highest BCUT2D eigenvalue weighted by molar-refractivity contribution is 6.06. The highest BCUT2D eigenvalue weighted by Crippen LogP contribution is 2.13. The number of aromatic amines is 1. The van der Waals surface area contributed by atoms with Crippen LogP contribution in [0.25, 0.3) is 0 Å². The maximum Gasteiger partial charge on any atom is 0.275 e. The molecule has 0 saturated carbocycles. The molecule has 1 heterocycles. The first-order valence-electron chi connectivity index (χ1n) is 5.40. The van der Waals surface area contributed by atoms with E-state index in [1.54, 1.807) is 0 Å². The summed E-state index contributed by atoms with van der Waals surface area (Å²) in [6.45, 7) is 2.08. The first-order chi connectivity index (χ1) is 8.20. The number of nitrogens with one attached hydrogen (secondary N) is 2. The maximum atomic E-state index is 11.8. The van der Waals surface area contributed by atoms with E-state index in [4.69, 9.17) is 5.73 Å². The summed E-state index contributed by atoms with van der Waals surface area (Å²) in [6.07, 6.45) is 2.39. The highest BCUT2D eigenvalue weighted by Gasteiger charge is 2.11. The van der Waals surface area contributed by atoms with Crippen molar-refractivity contribution in [3.05, 3.63) is 41.7 Å². The third-order valence-electron chi connectivity index (χ3n) is 2.52. The standard InChI is InChI=1S/C12H14N4O/c1-2-8-3-5-9(6-4-8)15-12(17)11-10(13)7-14-16-11/h3-7H,2,13H2,1H3,(H,14,16)(H,15,17). The molecule has 0 atom stereocenters. The van der Waals surface area contributed by atoms with E-state index in [-0.39, 0.29) is 11.6 Å². The number of nitrogens with two attached hydrogens (primary N) is 1. The molecule has 2 rings (SSSR count). The molecule has 0 saturated heterocycles. The van der Waals surface area contributed by atoms with Gasteiger partial charge in [-0.15, -0.1) is 0 Å². The summed E-state index contributed by atoms with van der Waals surface area (Å²) < 4.78 is 0. The number of carbonyl (C=O) groups is 1.